The average molecular weight is 302 g/mol. The number of sulfonamides is 1. The number of aryl methyl sites for hydroxylation is 2. The van der Waals surface area contributed by atoms with E-state index < -0.39 is 10.0 Å². The van der Waals surface area contributed by atoms with Gasteiger partial charge >= 0.3 is 0 Å². The molecule has 1 aromatic rings. The molecule has 0 spiro atoms. The highest BCUT2D eigenvalue weighted by Crippen LogP contribution is 2.27. The van der Waals surface area contributed by atoms with Gasteiger partial charge in [-0.25, -0.2) is 13.1 Å². The molecule has 0 aliphatic heterocycles. The molecule has 0 aliphatic carbocycles. The smallest absolute Gasteiger partial charge is 0.244 e. The van der Waals surface area contributed by atoms with Gasteiger partial charge in [0.25, 0.3) is 0 Å². The van der Waals surface area contributed by atoms with Crippen LogP contribution in [0.4, 0.5) is 0 Å². The normalized spacial score (nSPS) is 12.9. The van der Waals surface area contributed by atoms with E-state index in [2.05, 4.69) is 10.0 Å². The van der Waals surface area contributed by atoms with Crippen molar-refractivity contribution in [2.45, 2.75) is 52.5 Å². The van der Waals surface area contributed by atoms with Gasteiger partial charge in [0.15, 0.2) is 0 Å². The lowest BCUT2D eigenvalue weighted by atomic mass is 9.91. The van der Waals surface area contributed by atoms with Crippen LogP contribution < -0.4 is 10.0 Å². The van der Waals surface area contributed by atoms with Gasteiger partial charge in [-0.15, -0.1) is 0 Å². The Morgan fingerprint density at radius 3 is 2.30 bits per heavy atom. The van der Waals surface area contributed by atoms with Crippen LogP contribution in [0.1, 0.15) is 44.3 Å². The number of rotatable bonds is 7. The summed E-state index contributed by atoms with van der Waals surface area (Å²) >= 11 is 0. The summed E-state index contributed by atoms with van der Waals surface area (Å²) in [7, 11) is -1.77. The van der Waals surface area contributed by atoms with Crippen LogP contribution in [0.5, 0.6) is 0 Å². The van der Waals surface area contributed by atoms with Crippen molar-refractivity contribution in [1.82, 2.24) is 10.0 Å². The van der Waals surface area contributed by atoms with Crippen LogP contribution in [-0.2, 0) is 16.6 Å². The molecule has 0 saturated carbocycles. The van der Waals surface area contributed by atoms with Crippen LogP contribution in [0.25, 0.3) is 0 Å². The van der Waals surface area contributed by atoms with Crippen molar-refractivity contribution in [2.75, 3.05) is 13.6 Å². The summed E-state index contributed by atoms with van der Waals surface area (Å²) in [5, 5.41) is 2.98. The molecule has 0 aliphatic rings. The molecule has 0 saturated heterocycles. The van der Waals surface area contributed by atoms with Crippen LogP contribution in [0.3, 0.4) is 0 Å². The maximum atomic E-state index is 12.5. The third-order valence-corrected chi connectivity index (χ3v) is 5.24. The predicted molar refractivity (Wildman–Crippen MR) is 80.2 cm³/mol. The Labute approximate surface area is 122 Å². The van der Waals surface area contributed by atoms with E-state index in [9.17, 15) is 8.42 Å². The zero-order valence-electron chi connectivity index (χ0n) is 13.3. The van der Waals surface area contributed by atoms with Crippen molar-refractivity contribution in [3.63, 3.8) is 0 Å². The van der Waals surface area contributed by atoms with E-state index in [1.54, 1.807) is 20.9 Å². The molecule has 0 unspecified atom stereocenters. The third kappa shape index (κ3) is 3.84. The minimum Gasteiger partial charge on any atom is -0.465 e. The fourth-order valence-electron chi connectivity index (χ4n) is 1.93. The molecule has 6 heteroatoms. The van der Waals surface area contributed by atoms with Crippen molar-refractivity contribution in [2.24, 2.45) is 5.41 Å². The van der Waals surface area contributed by atoms with Crippen LogP contribution in [0.2, 0.25) is 0 Å². The summed E-state index contributed by atoms with van der Waals surface area (Å²) in [6.07, 6.45) is 0.905. The van der Waals surface area contributed by atoms with Gasteiger partial charge in [-0.1, -0.05) is 20.8 Å². The van der Waals surface area contributed by atoms with Gasteiger partial charge in [0.05, 0.1) is 0 Å². The van der Waals surface area contributed by atoms with Crippen LogP contribution >= 0.6 is 0 Å². The Morgan fingerprint density at radius 2 is 1.80 bits per heavy atom. The Kier molecular flexibility index (Phi) is 5.40. The first-order chi connectivity index (χ1) is 9.14. The van der Waals surface area contributed by atoms with Gasteiger partial charge in [-0.2, -0.15) is 0 Å². The van der Waals surface area contributed by atoms with Gasteiger partial charge in [0, 0.05) is 18.7 Å². The van der Waals surface area contributed by atoms with Crippen molar-refractivity contribution < 1.29 is 12.8 Å². The predicted octanol–water partition coefficient (Wildman–Crippen LogP) is 2.33. The average Bonchev–Trinajstić information content (AvgIpc) is 2.63. The molecular weight excluding hydrogens is 276 g/mol. The van der Waals surface area contributed by atoms with Crippen molar-refractivity contribution in [1.29, 1.82) is 0 Å². The molecular formula is C14H26N2O3S. The summed E-state index contributed by atoms with van der Waals surface area (Å²) in [6, 6.07) is 0. The number of hydrogen-bond acceptors (Lipinski definition) is 4. The van der Waals surface area contributed by atoms with E-state index in [-0.39, 0.29) is 10.3 Å². The Morgan fingerprint density at radius 1 is 1.20 bits per heavy atom. The second-order valence-electron chi connectivity index (χ2n) is 5.89. The van der Waals surface area contributed by atoms with Gasteiger partial charge in [0.1, 0.15) is 16.4 Å². The molecule has 20 heavy (non-hydrogen) atoms. The third-order valence-electron chi connectivity index (χ3n) is 3.65. The zero-order valence-corrected chi connectivity index (χ0v) is 14.1. The van der Waals surface area contributed by atoms with Crippen LogP contribution in [0.15, 0.2) is 9.31 Å². The molecule has 1 heterocycles. The molecule has 2 N–H and O–H groups in total. The van der Waals surface area contributed by atoms with Crippen LogP contribution in [0, 0.1) is 19.3 Å². The van der Waals surface area contributed by atoms with Gasteiger partial charge in [-0.05, 0) is 32.7 Å². The number of furan rings is 1. The summed E-state index contributed by atoms with van der Waals surface area (Å²) in [5.74, 6) is 1.08. The lowest BCUT2D eigenvalue weighted by molar-refractivity contribution is 0.350. The first-order valence-electron chi connectivity index (χ1n) is 6.87. The fourth-order valence-corrected chi connectivity index (χ4v) is 3.62. The van der Waals surface area contributed by atoms with E-state index in [4.69, 9.17) is 4.42 Å². The standard InChI is InChI=1S/C14H26N2O3S/c1-7-14(4,5)9-16-20(17,18)13-11(3)19-10(2)12(13)8-15-6/h15-16H,7-9H2,1-6H3. The maximum Gasteiger partial charge on any atom is 0.244 e. The Bertz CT molecular complexity index is 559. The number of nitrogens with one attached hydrogen (secondary N) is 2. The highest BCUT2D eigenvalue weighted by Gasteiger charge is 2.28. The first-order valence-corrected chi connectivity index (χ1v) is 8.36. The monoisotopic (exact) mass is 302 g/mol. The minimum absolute atomic E-state index is 0.0665. The summed E-state index contributed by atoms with van der Waals surface area (Å²) in [6.45, 7) is 10.5. The molecule has 0 aromatic carbocycles. The first kappa shape index (κ1) is 17.2. The molecule has 1 aromatic heterocycles. The maximum absolute atomic E-state index is 12.5. The molecule has 0 atom stereocenters. The van der Waals surface area contributed by atoms with Gasteiger partial charge in [0.2, 0.25) is 10.0 Å². The van der Waals surface area contributed by atoms with E-state index >= 15 is 0 Å². The topological polar surface area (TPSA) is 71.3 Å². The molecule has 0 bridgehead atoms. The second-order valence-corrected chi connectivity index (χ2v) is 7.60. The molecule has 5 nitrogen and oxygen atoms in total. The summed E-state index contributed by atoms with van der Waals surface area (Å²) in [4.78, 5) is 0.274. The van der Waals surface area contributed by atoms with Crippen molar-refractivity contribution >= 4 is 10.0 Å². The SMILES string of the molecule is CCC(C)(C)CNS(=O)(=O)c1c(C)oc(C)c1CNC. The quantitative estimate of drug-likeness (QED) is 0.811. The largest absolute Gasteiger partial charge is 0.465 e. The fraction of sp³-hybridized carbons (Fsp3) is 0.714. The highest BCUT2D eigenvalue weighted by molar-refractivity contribution is 7.89. The van der Waals surface area contributed by atoms with Gasteiger partial charge in [-0.3, -0.25) is 0 Å². The highest BCUT2D eigenvalue weighted by atomic mass is 32.2. The Hall–Kier alpha value is -0.850. The zero-order chi connectivity index (χ0) is 15.6. The van der Waals surface area contributed by atoms with E-state index in [0.29, 0.717) is 30.2 Å². The lowest BCUT2D eigenvalue weighted by Crippen LogP contribution is -2.34. The summed E-state index contributed by atoms with van der Waals surface area (Å²) in [5.41, 5.74) is 0.634. The minimum atomic E-state index is -3.55. The molecule has 0 fully saturated rings. The van der Waals surface area contributed by atoms with E-state index in [1.165, 1.54) is 0 Å². The molecule has 116 valence electrons. The van der Waals surface area contributed by atoms with Crippen LogP contribution in [-0.4, -0.2) is 22.0 Å². The van der Waals surface area contributed by atoms with Crippen molar-refractivity contribution in [3.05, 3.63) is 17.1 Å². The van der Waals surface area contributed by atoms with Crippen molar-refractivity contribution in [3.8, 4) is 0 Å². The number of hydrogen-bond donors (Lipinski definition) is 2. The molecule has 0 radical (unpaired) electrons. The summed E-state index contributed by atoms with van der Waals surface area (Å²) < 4.78 is 33.2. The molecule has 1 rings (SSSR count). The van der Waals surface area contributed by atoms with E-state index in [0.717, 1.165) is 6.42 Å². The van der Waals surface area contributed by atoms with E-state index in [1.807, 2.05) is 20.8 Å². The lowest BCUT2D eigenvalue weighted by Gasteiger charge is -2.22. The second kappa shape index (κ2) is 6.28. The molecule has 0 amide bonds. The Balaban J connectivity index is 3.10. The van der Waals surface area contributed by atoms with Gasteiger partial charge < -0.3 is 9.73 Å².